The third kappa shape index (κ3) is 4.01. The van der Waals surface area contributed by atoms with Crippen LogP contribution in [-0.2, 0) is 9.53 Å². The molecule has 1 N–H and O–H groups in total. The van der Waals surface area contributed by atoms with E-state index in [1.165, 1.54) is 11.3 Å². The van der Waals surface area contributed by atoms with Crippen molar-refractivity contribution in [2.45, 2.75) is 45.3 Å². The average Bonchev–Trinajstić information content (AvgIpc) is 3.09. The molecule has 1 aromatic heterocycles. The first-order valence-electron chi connectivity index (χ1n) is 7.09. The van der Waals surface area contributed by atoms with E-state index in [0.717, 1.165) is 24.5 Å². The van der Waals surface area contributed by atoms with E-state index in [9.17, 15) is 9.59 Å². The molecule has 2 rings (SSSR count). The Morgan fingerprint density at radius 1 is 1.57 bits per heavy atom. The Hall–Kier alpha value is -1.47. The summed E-state index contributed by atoms with van der Waals surface area (Å²) in [6.07, 6.45) is 1.90. The van der Waals surface area contributed by atoms with Gasteiger partial charge in [-0.15, -0.1) is 11.3 Å². The molecule has 0 aliphatic carbocycles. The van der Waals surface area contributed by atoms with Crippen molar-refractivity contribution in [1.29, 1.82) is 0 Å². The van der Waals surface area contributed by atoms with Crippen LogP contribution in [0.3, 0.4) is 0 Å². The van der Waals surface area contributed by atoms with Crippen LogP contribution >= 0.6 is 11.3 Å². The maximum absolute atomic E-state index is 12.5. The van der Waals surface area contributed by atoms with E-state index in [1.54, 1.807) is 10.3 Å². The second kappa shape index (κ2) is 7.00. The van der Waals surface area contributed by atoms with E-state index in [0.29, 0.717) is 5.69 Å². The highest BCUT2D eigenvalue weighted by atomic mass is 32.1. The third-order valence-corrected chi connectivity index (χ3v) is 4.33. The Balaban J connectivity index is 2.07. The number of aromatic nitrogens is 1. The summed E-state index contributed by atoms with van der Waals surface area (Å²) in [7, 11) is 0. The second-order valence-corrected chi connectivity index (χ2v) is 6.20. The molecule has 0 saturated carbocycles. The number of aliphatic carboxylic acids is 1. The molecule has 1 aliphatic heterocycles. The van der Waals surface area contributed by atoms with Gasteiger partial charge in [-0.2, -0.15) is 0 Å². The van der Waals surface area contributed by atoms with Crippen LogP contribution in [0, 0.1) is 0 Å². The van der Waals surface area contributed by atoms with Crippen molar-refractivity contribution in [3.8, 4) is 0 Å². The Morgan fingerprint density at radius 2 is 2.33 bits per heavy atom. The zero-order chi connectivity index (χ0) is 15.4. The van der Waals surface area contributed by atoms with Gasteiger partial charge in [-0.25, -0.2) is 4.98 Å². The molecular formula is C14H20N2O4S. The van der Waals surface area contributed by atoms with Crippen LogP contribution in [0.25, 0.3) is 0 Å². The monoisotopic (exact) mass is 312 g/mol. The van der Waals surface area contributed by atoms with Crippen molar-refractivity contribution >= 4 is 23.2 Å². The molecule has 0 aromatic carbocycles. The lowest BCUT2D eigenvalue weighted by Crippen LogP contribution is -2.38. The minimum absolute atomic E-state index is 0.00284. The summed E-state index contributed by atoms with van der Waals surface area (Å²) in [6.45, 7) is 4.67. The summed E-state index contributed by atoms with van der Waals surface area (Å²) in [5, 5.41) is 11.3. The lowest BCUT2D eigenvalue weighted by atomic mass is 10.2. The van der Waals surface area contributed by atoms with Crippen molar-refractivity contribution in [3.63, 3.8) is 0 Å². The summed E-state index contributed by atoms with van der Waals surface area (Å²) in [5.74, 6) is -1.13. The van der Waals surface area contributed by atoms with Gasteiger partial charge in [-0.1, -0.05) is 0 Å². The Kier molecular flexibility index (Phi) is 5.30. The fourth-order valence-corrected chi connectivity index (χ4v) is 3.14. The molecular weight excluding hydrogens is 292 g/mol. The summed E-state index contributed by atoms with van der Waals surface area (Å²) >= 11 is 1.43. The fraction of sp³-hybridized carbons (Fsp3) is 0.643. The number of hydrogen-bond donors (Lipinski definition) is 1. The maximum atomic E-state index is 12.5. The summed E-state index contributed by atoms with van der Waals surface area (Å²) in [4.78, 5) is 29.1. The predicted molar refractivity (Wildman–Crippen MR) is 78.5 cm³/mol. The van der Waals surface area contributed by atoms with Crippen LogP contribution in [0.4, 0.5) is 0 Å². The molecule has 116 valence electrons. The van der Waals surface area contributed by atoms with Gasteiger partial charge in [0.1, 0.15) is 16.8 Å². The van der Waals surface area contributed by atoms with Gasteiger partial charge >= 0.3 is 5.97 Å². The van der Waals surface area contributed by atoms with Crippen LogP contribution in [0.2, 0.25) is 0 Å². The average molecular weight is 312 g/mol. The van der Waals surface area contributed by atoms with Crippen molar-refractivity contribution in [2.24, 2.45) is 0 Å². The zero-order valence-corrected chi connectivity index (χ0v) is 13.1. The topological polar surface area (TPSA) is 79.7 Å². The summed E-state index contributed by atoms with van der Waals surface area (Å²) < 4.78 is 5.56. The van der Waals surface area contributed by atoms with Crippen LogP contribution in [0.5, 0.6) is 0 Å². The number of amides is 1. The largest absolute Gasteiger partial charge is 0.481 e. The molecule has 1 amide bonds. The van der Waals surface area contributed by atoms with Crippen molar-refractivity contribution in [2.75, 3.05) is 13.2 Å². The van der Waals surface area contributed by atoms with E-state index in [1.807, 2.05) is 13.8 Å². The molecule has 2 heterocycles. The predicted octanol–water partition coefficient (Wildman–Crippen LogP) is 2.32. The smallest absolute Gasteiger partial charge is 0.305 e. The first-order chi connectivity index (χ1) is 9.99. The minimum atomic E-state index is -0.910. The van der Waals surface area contributed by atoms with E-state index < -0.39 is 5.97 Å². The number of carbonyl (C=O) groups is 2. The fourth-order valence-electron chi connectivity index (χ4n) is 2.26. The number of carbonyl (C=O) groups excluding carboxylic acids is 1. The first kappa shape index (κ1) is 15.9. The number of hydrogen-bond acceptors (Lipinski definition) is 5. The van der Waals surface area contributed by atoms with Gasteiger partial charge < -0.3 is 14.7 Å². The number of thiazole rings is 1. The maximum Gasteiger partial charge on any atom is 0.305 e. The van der Waals surface area contributed by atoms with Crippen LogP contribution in [0.15, 0.2) is 5.38 Å². The van der Waals surface area contributed by atoms with Gasteiger partial charge in [0.15, 0.2) is 0 Å². The van der Waals surface area contributed by atoms with Crippen molar-refractivity contribution < 1.29 is 19.4 Å². The molecule has 7 heteroatoms. The molecule has 1 atom stereocenters. The summed E-state index contributed by atoms with van der Waals surface area (Å²) in [5.41, 5.74) is 0.379. The molecule has 1 unspecified atom stereocenters. The lowest BCUT2D eigenvalue weighted by Gasteiger charge is -2.25. The van der Waals surface area contributed by atoms with Gasteiger partial charge in [0.2, 0.25) is 0 Å². The number of carboxylic acids is 1. The number of nitrogens with zero attached hydrogens (tertiary/aromatic N) is 2. The Labute approximate surface area is 127 Å². The van der Waals surface area contributed by atoms with E-state index in [-0.39, 0.29) is 31.0 Å². The highest BCUT2D eigenvalue weighted by Gasteiger charge is 2.25. The number of carboxylic acid groups (broad SMARTS) is 1. The molecule has 1 fully saturated rings. The molecule has 6 nitrogen and oxygen atoms in total. The van der Waals surface area contributed by atoms with E-state index in [2.05, 4.69) is 4.98 Å². The molecule has 21 heavy (non-hydrogen) atoms. The van der Waals surface area contributed by atoms with E-state index >= 15 is 0 Å². The molecule has 1 aliphatic rings. The zero-order valence-electron chi connectivity index (χ0n) is 12.2. The van der Waals surface area contributed by atoms with Gasteiger partial charge in [0.05, 0.1) is 6.42 Å². The van der Waals surface area contributed by atoms with Gasteiger partial charge in [0, 0.05) is 24.6 Å². The minimum Gasteiger partial charge on any atom is -0.481 e. The highest BCUT2D eigenvalue weighted by Crippen LogP contribution is 2.30. The van der Waals surface area contributed by atoms with Gasteiger partial charge in [-0.3, -0.25) is 9.59 Å². The number of rotatable bonds is 6. The molecule has 0 radical (unpaired) electrons. The van der Waals surface area contributed by atoms with Crippen molar-refractivity contribution in [3.05, 3.63) is 16.1 Å². The Bertz CT molecular complexity index is 509. The molecule has 0 spiro atoms. The normalized spacial score (nSPS) is 18.1. The first-order valence-corrected chi connectivity index (χ1v) is 7.96. The molecule has 0 bridgehead atoms. The van der Waals surface area contributed by atoms with E-state index in [4.69, 9.17) is 9.84 Å². The summed E-state index contributed by atoms with van der Waals surface area (Å²) in [6, 6.07) is -0.0651. The molecule has 1 aromatic rings. The van der Waals surface area contributed by atoms with Crippen LogP contribution in [0.1, 0.15) is 54.7 Å². The van der Waals surface area contributed by atoms with Crippen LogP contribution < -0.4 is 0 Å². The number of ether oxygens (including phenoxy) is 1. The molecule has 1 saturated heterocycles. The van der Waals surface area contributed by atoms with Gasteiger partial charge in [-0.05, 0) is 26.7 Å². The highest BCUT2D eigenvalue weighted by molar-refractivity contribution is 7.09. The van der Waals surface area contributed by atoms with Crippen molar-refractivity contribution in [1.82, 2.24) is 9.88 Å². The standard InChI is InChI=1S/C14H20N2O4S/c1-9(2)16(6-5-12(17)18)14(19)10-8-21-13(15-10)11-4-3-7-20-11/h8-9,11H,3-7H2,1-2H3,(H,17,18). The third-order valence-electron chi connectivity index (χ3n) is 3.40. The van der Waals surface area contributed by atoms with Gasteiger partial charge in [0.25, 0.3) is 5.91 Å². The second-order valence-electron chi connectivity index (χ2n) is 5.31. The van der Waals surface area contributed by atoms with Crippen LogP contribution in [-0.4, -0.2) is 46.1 Å². The SMILES string of the molecule is CC(C)N(CCC(=O)O)C(=O)c1csc(C2CCCO2)n1. The quantitative estimate of drug-likeness (QED) is 0.872. The lowest BCUT2D eigenvalue weighted by molar-refractivity contribution is -0.137. The Morgan fingerprint density at radius 3 is 2.90 bits per heavy atom.